The third-order valence-corrected chi connectivity index (χ3v) is 2.82. The molecular formula is C8H10F3N5O2S. The summed E-state index contributed by atoms with van der Waals surface area (Å²) >= 11 is 0.770. The number of aromatic nitrogens is 3. The van der Waals surface area contributed by atoms with Gasteiger partial charge < -0.3 is 4.57 Å². The molecule has 0 unspecified atom stereocenters. The van der Waals surface area contributed by atoms with Crippen LogP contribution in [0.2, 0.25) is 0 Å². The molecule has 0 aliphatic heterocycles. The highest BCUT2D eigenvalue weighted by Crippen LogP contribution is 2.29. The van der Waals surface area contributed by atoms with Crippen LogP contribution in [0.25, 0.3) is 0 Å². The molecule has 0 aromatic carbocycles. The van der Waals surface area contributed by atoms with Crippen LogP contribution < -0.4 is 10.9 Å². The van der Waals surface area contributed by atoms with Gasteiger partial charge in [0.2, 0.25) is 17.6 Å². The molecule has 19 heavy (non-hydrogen) atoms. The number of nitrogens with zero attached hydrogens (tertiary/aromatic N) is 3. The molecule has 2 N–H and O–H groups in total. The SMILES string of the molecule is CC(=O)NNC(=O)CSc1nnc(C(F)(F)F)n1C. The number of alkyl halides is 3. The smallest absolute Gasteiger partial charge is 0.302 e. The number of carbonyl (C=O) groups excluding carboxylic acids is 2. The zero-order valence-electron chi connectivity index (χ0n) is 9.91. The molecule has 0 atom stereocenters. The minimum absolute atomic E-state index is 0.0506. The molecule has 1 aromatic heterocycles. The zero-order chi connectivity index (χ0) is 14.6. The Labute approximate surface area is 109 Å². The maximum absolute atomic E-state index is 12.4. The second-order valence-corrected chi connectivity index (χ2v) is 4.32. The maximum Gasteiger partial charge on any atom is 0.451 e. The molecular weight excluding hydrogens is 287 g/mol. The van der Waals surface area contributed by atoms with Crippen LogP contribution in [0.4, 0.5) is 13.2 Å². The van der Waals surface area contributed by atoms with Gasteiger partial charge in [0.15, 0.2) is 5.16 Å². The predicted octanol–water partition coefficient (Wildman–Crippen LogP) is 0.0933. The van der Waals surface area contributed by atoms with Gasteiger partial charge in [-0.25, -0.2) is 0 Å². The fourth-order valence-electron chi connectivity index (χ4n) is 1.01. The van der Waals surface area contributed by atoms with E-state index >= 15 is 0 Å². The Hall–Kier alpha value is -1.78. The van der Waals surface area contributed by atoms with Crippen LogP contribution in [0.15, 0.2) is 5.16 Å². The average Bonchev–Trinajstić information content (AvgIpc) is 2.64. The lowest BCUT2D eigenvalue weighted by atomic mass is 10.6. The summed E-state index contributed by atoms with van der Waals surface area (Å²) < 4.78 is 38.0. The first kappa shape index (κ1) is 15.3. The topological polar surface area (TPSA) is 88.9 Å². The van der Waals surface area contributed by atoms with Crippen LogP contribution in [0.1, 0.15) is 12.7 Å². The lowest BCUT2D eigenvalue weighted by Gasteiger charge is -2.06. The van der Waals surface area contributed by atoms with E-state index in [1.54, 1.807) is 0 Å². The van der Waals surface area contributed by atoms with Gasteiger partial charge in [-0.15, -0.1) is 10.2 Å². The van der Waals surface area contributed by atoms with Crippen LogP contribution in [0, 0.1) is 0 Å². The van der Waals surface area contributed by atoms with Crippen molar-refractivity contribution in [1.82, 2.24) is 25.6 Å². The molecule has 0 radical (unpaired) electrons. The van der Waals surface area contributed by atoms with Crippen LogP contribution in [-0.4, -0.2) is 32.3 Å². The van der Waals surface area contributed by atoms with Crippen molar-refractivity contribution in [3.63, 3.8) is 0 Å². The summed E-state index contributed by atoms with van der Waals surface area (Å²) in [6, 6.07) is 0. The number of halogens is 3. The Morgan fingerprint density at radius 1 is 1.32 bits per heavy atom. The lowest BCUT2D eigenvalue weighted by molar-refractivity contribution is -0.147. The highest BCUT2D eigenvalue weighted by Gasteiger charge is 2.37. The van der Waals surface area contributed by atoms with Crippen LogP contribution in [-0.2, 0) is 22.8 Å². The van der Waals surface area contributed by atoms with Crippen molar-refractivity contribution in [2.75, 3.05) is 5.75 Å². The van der Waals surface area contributed by atoms with Crippen LogP contribution in [0.5, 0.6) is 0 Å². The quantitative estimate of drug-likeness (QED) is 0.610. The fraction of sp³-hybridized carbons (Fsp3) is 0.500. The Bertz CT molecular complexity index is 487. The Kier molecular flexibility index (Phi) is 4.75. The highest BCUT2D eigenvalue weighted by molar-refractivity contribution is 7.99. The number of hydrogen-bond acceptors (Lipinski definition) is 5. The van der Waals surface area contributed by atoms with Gasteiger partial charge >= 0.3 is 6.18 Å². The third kappa shape index (κ3) is 4.43. The van der Waals surface area contributed by atoms with Crippen molar-refractivity contribution in [3.8, 4) is 0 Å². The van der Waals surface area contributed by atoms with Gasteiger partial charge in [-0.05, 0) is 0 Å². The summed E-state index contributed by atoms with van der Waals surface area (Å²) in [7, 11) is 1.15. The molecule has 1 rings (SSSR count). The molecule has 0 fully saturated rings. The molecule has 0 bridgehead atoms. The van der Waals surface area contributed by atoms with Crippen molar-refractivity contribution in [2.45, 2.75) is 18.3 Å². The van der Waals surface area contributed by atoms with Crippen molar-refractivity contribution in [2.24, 2.45) is 7.05 Å². The number of hydrazine groups is 1. The zero-order valence-corrected chi connectivity index (χ0v) is 10.7. The van der Waals surface area contributed by atoms with Crippen molar-refractivity contribution in [1.29, 1.82) is 0 Å². The summed E-state index contributed by atoms with van der Waals surface area (Å²) in [6.07, 6.45) is -4.60. The first-order chi connectivity index (χ1) is 8.71. The largest absolute Gasteiger partial charge is 0.451 e. The molecule has 1 aromatic rings. The van der Waals surface area contributed by atoms with E-state index in [9.17, 15) is 22.8 Å². The number of amides is 2. The summed E-state index contributed by atoms with van der Waals surface area (Å²) in [6.45, 7) is 1.20. The van der Waals surface area contributed by atoms with Crippen molar-refractivity contribution in [3.05, 3.63) is 5.82 Å². The standard InChI is InChI=1S/C8H10F3N5O2S/c1-4(17)12-13-5(18)3-19-7-15-14-6(16(7)2)8(9,10)11/h3H2,1-2H3,(H,12,17)(H,13,18). The van der Waals surface area contributed by atoms with Gasteiger partial charge in [0.25, 0.3) is 0 Å². The minimum Gasteiger partial charge on any atom is -0.302 e. The molecule has 11 heteroatoms. The van der Waals surface area contributed by atoms with Crippen LogP contribution in [0.3, 0.4) is 0 Å². The molecule has 0 saturated heterocycles. The van der Waals surface area contributed by atoms with Crippen LogP contribution >= 0.6 is 11.8 Å². The average molecular weight is 297 g/mol. The Morgan fingerprint density at radius 2 is 1.95 bits per heavy atom. The minimum atomic E-state index is -4.60. The van der Waals surface area contributed by atoms with E-state index in [0.717, 1.165) is 23.4 Å². The van der Waals surface area contributed by atoms with E-state index in [1.807, 2.05) is 0 Å². The molecule has 2 amide bonds. The first-order valence-corrected chi connectivity index (χ1v) is 5.85. The summed E-state index contributed by atoms with van der Waals surface area (Å²) in [4.78, 5) is 21.7. The number of carbonyl (C=O) groups is 2. The van der Waals surface area contributed by atoms with E-state index in [-0.39, 0.29) is 10.9 Å². The number of rotatable bonds is 3. The van der Waals surface area contributed by atoms with Gasteiger partial charge in [-0.1, -0.05) is 11.8 Å². The second-order valence-electron chi connectivity index (χ2n) is 3.38. The lowest BCUT2D eigenvalue weighted by Crippen LogP contribution is -2.41. The normalized spacial score (nSPS) is 11.2. The Morgan fingerprint density at radius 3 is 2.42 bits per heavy atom. The number of nitrogens with one attached hydrogen (secondary N) is 2. The van der Waals surface area contributed by atoms with Crippen molar-refractivity contribution >= 4 is 23.6 Å². The summed E-state index contributed by atoms with van der Waals surface area (Å²) in [5.74, 6) is -2.38. The van der Waals surface area contributed by atoms with Gasteiger partial charge in [0, 0.05) is 14.0 Å². The molecule has 7 nitrogen and oxygen atoms in total. The van der Waals surface area contributed by atoms with E-state index in [0.29, 0.717) is 0 Å². The predicted molar refractivity (Wildman–Crippen MR) is 58.7 cm³/mol. The fourth-order valence-corrected chi connectivity index (χ4v) is 1.72. The highest BCUT2D eigenvalue weighted by atomic mass is 32.2. The van der Waals surface area contributed by atoms with Gasteiger partial charge in [0.05, 0.1) is 5.75 Å². The molecule has 1 heterocycles. The molecule has 106 valence electrons. The van der Waals surface area contributed by atoms with Gasteiger partial charge in [-0.3, -0.25) is 20.4 Å². The Balaban J connectivity index is 2.57. The van der Waals surface area contributed by atoms with Gasteiger partial charge in [0.1, 0.15) is 0 Å². The molecule has 0 spiro atoms. The summed E-state index contributed by atoms with van der Waals surface area (Å²) in [5.41, 5.74) is 4.12. The number of thioether (sulfide) groups is 1. The maximum atomic E-state index is 12.4. The van der Waals surface area contributed by atoms with E-state index in [4.69, 9.17) is 0 Å². The van der Waals surface area contributed by atoms with Crippen molar-refractivity contribution < 1.29 is 22.8 Å². The number of hydrogen-bond donors (Lipinski definition) is 2. The van der Waals surface area contributed by atoms with E-state index in [2.05, 4.69) is 21.0 Å². The second kappa shape index (κ2) is 5.91. The molecule has 0 saturated carbocycles. The van der Waals surface area contributed by atoms with E-state index in [1.165, 1.54) is 6.92 Å². The monoisotopic (exact) mass is 297 g/mol. The van der Waals surface area contributed by atoms with E-state index < -0.39 is 23.8 Å². The summed E-state index contributed by atoms with van der Waals surface area (Å²) in [5, 5.41) is 6.29. The molecule has 0 aliphatic carbocycles. The molecule has 0 aliphatic rings. The first-order valence-electron chi connectivity index (χ1n) is 4.86. The third-order valence-electron chi connectivity index (χ3n) is 1.80. The van der Waals surface area contributed by atoms with Gasteiger partial charge in [-0.2, -0.15) is 13.2 Å².